The van der Waals surface area contributed by atoms with Gasteiger partial charge in [-0.05, 0) is 27.7 Å². The third kappa shape index (κ3) is 9.25. The Labute approximate surface area is 121 Å². The van der Waals surface area contributed by atoms with Gasteiger partial charge in [-0.3, -0.25) is 9.69 Å². The van der Waals surface area contributed by atoms with Gasteiger partial charge in [0.2, 0.25) is 0 Å². The van der Waals surface area contributed by atoms with E-state index in [4.69, 9.17) is 14.6 Å². The predicted molar refractivity (Wildman–Crippen MR) is 76.9 cm³/mol. The summed E-state index contributed by atoms with van der Waals surface area (Å²) in [6.45, 7) is 9.35. The van der Waals surface area contributed by atoms with E-state index in [0.717, 1.165) is 0 Å². The molecule has 2 N–H and O–H groups in total. The normalized spacial score (nSPS) is 15.3. The molecule has 0 saturated heterocycles. The summed E-state index contributed by atoms with van der Waals surface area (Å²) in [5.74, 6) is -0.835. The molecule has 0 aliphatic carbocycles. The van der Waals surface area contributed by atoms with Crippen molar-refractivity contribution < 1.29 is 24.5 Å². The van der Waals surface area contributed by atoms with Gasteiger partial charge in [0.25, 0.3) is 0 Å². The molecule has 0 aromatic heterocycles. The molecule has 0 bridgehead atoms. The van der Waals surface area contributed by atoms with Crippen molar-refractivity contribution in [1.29, 1.82) is 0 Å². The molecule has 0 spiro atoms. The minimum absolute atomic E-state index is 0.0604. The molecule has 0 aliphatic heterocycles. The molecule has 2 atom stereocenters. The van der Waals surface area contributed by atoms with Crippen LogP contribution in [0.15, 0.2) is 0 Å². The van der Waals surface area contributed by atoms with Gasteiger partial charge >= 0.3 is 5.97 Å². The maximum atomic E-state index is 10.7. The predicted octanol–water partition coefficient (Wildman–Crippen LogP) is 0.974. The van der Waals surface area contributed by atoms with Crippen LogP contribution >= 0.6 is 0 Å². The van der Waals surface area contributed by atoms with Crippen LogP contribution in [0.25, 0.3) is 0 Å². The first-order valence-corrected chi connectivity index (χ1v) is 6.92. The number of carboxylic acids is 1. The molecule has 6 heteroatoms. The number of β-amino-alcohol motifs (C(OH)–C–C–N with tert-alkyl or cyclic N) is 1. The van der Waals surface area contributed by atoms with Gasteiger partial charge in [0.05, 0.1) is 31.8 Å². The molecule has 0 radical (unpaired) electrons. The van der Waals surface area contributed by atoms with Crippen LogP contribution in [-0.4, -0.2) is 72.2 Å². The third-order valence-electron chi connectivity index (χ3n) is 2.95. The van der Waals surface area contributed by atoms with Crippen LogP contribution in [0.5, 0.6) is 0 Å². The second-order valence-corrected chi connectivity index (χ2v) is 6.01. The molecule has 2 unspecified atom stereocenters. The Morgan fingerprint density at radius 2 is 1.90 bits per heavy atom. The van der Waals surface area contributed by atoms with Gasteiger partial charge in [-0.1, -0.05) is 0 Å². The van der Waals surface area contributed by atoms with Crippen LogP contribution in [0.1, 0.15) is 34.1 Å². The highest BCUT2D eigenvalue weighted by Gasteiger charge is 2.24. The topological polar surface area (TPSA) is 79.2 Å². The van der Waals surface area contributed by atoms with Crippen LogP contribution in [0, 0.1) is 0 Å². The van der Waals surface area contributed by atoms with Gasteiger partial charge in [-0.15, -0.1) is 0 Å². The molecule has 0 fully saturated rings. The Hall–Kier alpha value is -0.690. The van der Waals surface area contributed by atoms with E-state index in [9.17, 15) is 9.90 Å². The molecule has 0 aromatic rings. The summed E-state index contributed by atoms with van der Waals surface area (Å²) < 4.78 is 10.4. The van der Waals surface area contributed by atoms with Gasteiger partial charge in [0.1, 0.15) is 0 Å². The van der Waals surface area contributed by atoms with Crippen molar-refractivity contribution in [2.24, 2.45) is 0 Å². The van der Waals surface area contributed by atoms with Crippen molar-refractivity contribution in [2.45, 2.75) is 51.9 Å². The molecule has 0 saturated carbocycles. The van der Waals surface area contributed by atoms with E-state index in [1.54, 1.807) is 7.11 Å². The van der Waals surface area contributed by atoms with E-state index in [1.165, 1.54) is 0 Å². The third-order valence-corrected chi connectivity index (χ3v) is 2.95. The highest BCUT2D eigenvalue weighted by atomic mass is 16.5. The zero-order valence-electron chi connectivity index (χ0n) is 13.3. The van der Waals surface area contributed by atoms with Crippen LogP contribution in [0.4, 0.5) is 0 Å². The zero-order chi connectivity index (χ0) is 15.8. The van der Waals surface area contributed by atoms with E-state index in [1.807, 2.05) is 32.6 Å². The van der Waals surface area contributed by atoms with Gasteiger partial charge in [0.15, 0.2) is 0 Å². The summed E-state index contributed by atoms with van der Waals surface area (Å²) in [7, 11) is 1.60. The minimum Gasteiger partial charge on any atom is -0.481 e. The van der Waals surface area contributed by atoms with Gasteiger partial charge in [-0.25, -0.2) is 0 Å². The molecular weight excluding hydrogens is 262 g/mol. The fourth-order valence-corrected chi connectivity index (χ4v) is 1.80. The monoisotopic (exact) mass is 291 g/mol. The molecule has 0 aliphatic rings. The number of carboxylic acid groups (broad SMARTS) is 1. The van der Waals surface area contributed by atoms with Crippen LogP contribution < -0.4 is 0 Å². The van der Waals surface area contributed by atoms with Crippen LogP contribution in [0.2, 0.25) is 0 Å². The maximum Gasteiger partial charge on any atom is 0.304 e. The summed E-state index contributed by atoms with van der Waals surface area (Å²) in [4.78, 5) is 12.6. The molecule has 0 aromatic carbocycles. The number of nitrogens with zero attached hydrogens (tertiary/aromatic N) is 1. The van der Waals surface area contributed by atoms with E-state index in [0.29, 0.717) is 19.7 Å². The molecule has 20 heavy (non-hydrogen) atoms. The number of aliphatic carboxylic acids is 1. The second kappa shape index (κ2) is 9.28. The van der Waals surface area contributed by atoms with Crippen molar-refractivity contribution in [2.75, 3.05) is 33.4 Å². The first-order chi connectivity index (χ1) is 9.16. The van der Waals surface area contributed by atoms with E-state index >= 15 is 0 Å². The highest BCUT2D eigenvalue weighted by molar-refractivity contribution is 5.66. The average molecular weight is 291 g/mol. The standard InChI is InChI=1S/C14H29NO5/c1-11(9-19-5)20-10-12(16)8-15(14(2,3)4)7-6-13(17)18/h11-12,16H,6-10H2,1-5H3,(H,17,18). The summed E-state index contributed by atoms with van der Waals surface area (Å²) >= 11 is 0. The number of aliphatic hydroxyl groups excluding tert-OH is 1. The average Bonchev–Trinajstić information content (AvgIpc) is 2.30. The van der Waals surface area contributed by atoms with E-state index in [-0.39, 0.29) is 24.7 Å². The number of hydrogen-bond donors (Lipinski definition) is 2. The number of methoxy groups -OCH3 is 1. The number of aliphatic hydroxyl groups is 1. The van der Waals surface area contributed by atoms with Crippen molar-refractivity contribution in [1.82, 2.24) is 4.90 Å². The Bertz CT molecular complexity index is 277. The summed E-state index contributed by atoms with van der Waals surface area (Å²) in [6.07, 6.45) is -0.663. The van der Waals surface area contributed by atoms with Crippen molar-refractivity contribution >= 4 is 5.97 Å². The molecule has 0 amide bonds. The number of ether oxygens (including phenoxy) is 2. The Morgan fingerprint density at radius 1 is 1.30 bits per heavy atom. The molecule has 0 heterocycles. The second-order valence-electron chi connectivity index (χ2n) is 6.01. The Balaban J connectivity index is 4.24. The van der Waals surface area contributed by atoms with Gasteiger partial charge in [0, 0.05) is 25.7 Å². The summed E-state index contributed by atoms with van der Waals surface area (Å²) in [5.41, 5.74) is -0.200. The van der Waals surface area contributed by atoms with Crippen LogP contribution in [-0.2, 0) is 14.3 Å². The summed E-state index contributed by atoms with van der Waals surface area (Å²) in [6, 6.07) is 0. The largest absolute Gasteiger partial charge is 0.481 e. The smallest absolute Gasteiger partial charge is 0.304 e. The molecule has 120 valence electrons. The maximum absolute atomic E-state index is 10.7. The lowest BCUT2D eigenvalue weighted by atomic mass is 10.0. The zero-order valence-corrected chi connectivity index (χ0v) is 13.3. The quantitative estimate of drug-likeness (QED) is 0.624. The van der Waals surface area contributed by atoms with Crippen molar-refractivity contribution in [3.63, 3.8) is 0 Å². The van der Waals surface area contributed by atoms with E-state index in [2.05, 4.69) is 0 Å². The fourth-order valence-electron chi connectivity index (χ4n) is 1.80. The van der Waals surface area contributed by atoms with Crippen molar-refractivity contribution in [3.8, 4) is 0 Å². The van der Waals surface area contributed by atoms with Gasteiger partial charge in [-0.2, -0.15) is 0 Å². The Morgan fingerprint density at radius 3 is 2.35 bits per heavy atom. The lowest BCUT2D eigenvalue weighted by Crippen LogP contribution is -2.47. The van der Waals surface area contributed by atoms with Gasteiger partial charge < -0.3 is 19.7 Å². The lowest BCUT2D eigenvalue weighted by Gasteiger charge is -2.36. The molecule has 6 nitrogen and oxygen atoms in total. The number of hydrogen-bond acceptors (Lipinski definition) is 5. The number of rotatable bonds is 10. The highest BCUT2D eigenvalue weighted by Crippen LogP contribution is 2.14. The fraction of sp³-hybridized carbons (Fsp3) is 0.929. The first-order valence-electron chi connectivity index (χ1n) is 6.92. The van der Waals surface area contributed by atoms with Crippen molar-refractivity contribution in [3.05, 3.63) is 0 Å². The number of carbonyl (C=O) groups is 1. The van der Waals surface area contributed by atoms with Crippen LogP contribution in [0.3, 0.4) is 0 Å². The summed E-state index contributed by atoms with van der Waals surface area (Å²) in [5, 5.41) is 18.8. The first kappa shape index (κ1) is 19.3. The molecular formula is C14H29NO5. The molecule has 0 rings (SSSR count). The Kier molecular flexibility index (Phi) is 8.96. The van der Waals surface area contributed by atoms with E-state index < -0.39 is 12.1 Å². The SMILES string of the molecule is COCC(C)OCC(O)CN(CCC(=O)O)C(C)(C)C. The lowest BCUT2D eigenvalue weighted by molar-refractivity contribution is -0.137. The minimum atomic E-state index is -0.835.